The number of hydrogen-bond donors (Lipinski definition) is 3. The number of amides is 2. The van der Waals surface area contributed by atoms with E-state index in [2.05, 4.69) is 22.8 Å². The quantitative estimate of drug-likeness (QED) is 0.563. The summed E-state index contributed by atoms with van der Waals surface area (Å²) in [6, 6.07) is 7.25. The highest BCUT2D eigenvalue weighted by Gasteiger charge is 2.32. The number of carboxylic acids is 1. The van der Waals surface area contributed by atoms with Crippen molar-refractivity contribution in [2.45, 2.75) is 38.1 Å². The van der Waals surface area contributed by atoms with Crippen LogP contribution in [0.1, 0.15) is 42.1 Å². The summed E-state index contributed by atoms with van der Waals surface area (Å²) in [4.78, 5) is 30.3. The summed E-state index contributed by atoms with van der Waals surface area (Å²) in [5.74, 6) is -0.251. The van der Waals surface area contributed by atoms with Crippen LogP contribution < -0.4 is 15.4 Å². The summed E-state index contributed by atoms with van der Waals surface area (Å²) in [6.45, 7) is 2.17. The lowest BCUT2D eigenvalue weighted by atomic mass is 9.93. The average Bonchev–Trinajstić information content (AvgIpc) is 2.77. The minimum absolute atomic E-state index is 0.0638. The Bertz CT molecular complexity index is 1030. The molecule has 1 aromatic carbocycles. The Morgan fingerprint density at radius 3 is 2.88 bits per heavy atom. The smallest absolute Gasteiger partial charge is 0.317 e. The van der Waals surface area contributed by atoms with Crippen molar-refractivity contribution in [3.05, 3.63) is 53.0 Å². The molecule has 3 heterocycles. The number of aliphatic carboxylic acids is 1. The highest BCUT2D eigenvalue weighted by molar-refractivity contribution is 5.77. The van der Waals surface area contributed by atoms with Crippen LogP contribution in [0.5, 0.6) is 5.75 Å². The van der Waals surface area contributed by atoms with Gasteiger partial charge < -0.3 is 25.4 Å². The van der Waals surface area contributed by atoms with Crippen LogP contribution in [-0.2, 0) is 17.6 Å². The maximum Gasteiger partial charge on any atom is 0.317 e. The van der Waals surface area contributed by atoms with Crippen molar-refractivity contribution in [1.29, 1.82) is 0 Å². The Balaban J connectivity index is 1.28. The van der Waals surface area contributed by atoms with Gasteiger partial charge in [-0.05, 0) is 60.9 Å². The summed E-state index contributed by atoms with van der Waals surface area (Å²) in [5.41, 5.74) is 2.70. The van der Waals surface area contributed by atoms with Gasteiger partial charge >= 0.3 is 12.0 Å². The van der Waals surface area contributed by atoms with Crippen molar-refractivity contribution < 1.29 is 23.8 Å². The number of aromatic nitrogens is 1. The number of benzene rings is 1. The maximum absolute atomic E-state index is 14.1. The van der Waals surface area contributed by atoms with Crippen molar-refractivity contribution in [2.24, 2.45) is 5.92 Å². The van der Waals surface area contributed by atoms with Gasteiger partial charge in [-0.1, -0.05) is 12.1 Å². The van der Waals surface area contributed by atoms with Crippen LogP contribution in [0.15, 0.2) is 30.3 Å². The molecule has 1 aromatic heterocycles. The van der Waals surface area contributed by atoms with Crippen LogP contribution in [0.4, 0.5) is 15.0 Å². The average molecular weight is 457 g/mol. The third-order valence-electron chi connectivity index (χ3n) is 6.26. The predicted molar refractivity (Wildman–Crippen MR) is 121 cm³/mol. The molecule has 9 heteroatoms. The van der Waals surface area contributed by atoms with Crippen molar-refractivity contribution in [2.75, 3.05) is 32.1 Å². The van der Waals surface area contributed by atoms with Crippen LogP contribution >= 0.6 is 0 Å². The third-order valence-corrected chi connectivity index (χ3v) is 6.26. The Morgan fingerprint density at radius 2 is 2.15 bits per heavy atom. The molecule has 4 rings (SSSR count). The van der Waals surface area contributed by atoms with E-state index in [1.165, 1.54) is 24.8 Å². The summed E-state index contributed by atoms with van der Waals surface area (Å²) < 4.78 is 19.0. The first-order chi connectivity index (χ1) is 15.9. The molecule has 0 saturated carbocycles. The Kier molecular flexibility index (Phi) is 6.96. The second kappa shape index (κ2) is 10.1. The number of aryl methyl sites for hydroxylation is 2. The molecule has 0 unspecified atom stereocenters. The number of likely N-dealkylation sites (tertiary alicyclic amines) is 1. The zero-order chi connectivity index (χ0) is 23.4. The first-order valence-corrected chi connectivity index (χ1v) is 11.3. The Morgan fingerprint density at radius 1 is 1.33 bits per heavy atom. The fraction of sp³-hybridized carbons (Fsp3) is 0.458. The van der Waals surface area contributed by atoms with E-state index in [4.69, 9.17) is 9.72 Å². The van der Waals surface area contributed by atoms with Gasteiger partial charge in [0.2, 0.25) is 0 Å². The van der Waals surface area contributed by atoms with E-state index < -0.39 is 17.8 Å². The van der Waals surface area contributed by atoms with Crippen LogP contribution in [-0.4, -0.2) is 53.7 Å². The standard InChI is InChI=1S/C24H29FN4O4/c1-33-21-9-6-17(11-19(21)25)20(12-22(30)31)28-24(32)29-13-15(14-29)4-7-18-8-5-16-3-2-10-26-23(16)27-18/h5-6,8-9,11,15,20H,2-4,7,10,12-14H2,1H3,(H,26,27)(H,28,32)(H,30,31)/t20-/m0/s1. The van der Waals surface area contributed by atoms with Crippen LogP contribution in [0.2, 0.25) is 0 Å². The number of rotatable bonds is 8. The fourth-order valence-electron chi connectivity index (χ4n) is 4.34. The molecule has 33 heavy (non-hydrogen) atoms. The molecule has 0 bridgehead atoms. The van der Waals surface area contributed by atoms with E-state index in [-0.39, 0.29) is 18.2 Å². The van der Waals surface area contributed by atoms with Gasteiger partial charge in [-0.25, -0.2) is 14.2 Å². The van der Waals surface area contributed by atoms with Gasteiger partial charge in [-0.2, -0.15) is 0 Å². The lowest BCUT2D eigenvalue weighted by Gasteiger charge is -2.40. The lowest BCUT2D eigenvalue weighted by molar-refractivity contribution is -0.137. The highest BCUT2D eigenvalue weighted by Crippen LogP contribution is 2.27. The number of halogens is 1. The molecule has 3 N–H and O–H groups in total. The molecule has 2 aliphatic rings. The first-order valence-electron chi connectivity index (χ1n) is 11.3. The number of nitrogens with one attached hydrogen (secondary N) is 2. The van der Waals surface area contributed by atoms with E-state index in [9.17, 15) is 19.1 Å². The molecule has 2 aromatic rings. The number of hydrogen-bond acceptors (Lipinski definition) is 5. The molecule has 0 spiro atoms. The van der Waals surface area contributed by atoms with Crippen molar-refractivity contribution >= 4 is 17.8 Å². The number of urea groups is 1. The number of carbonyl (C=O) groups is 2. The molecule has 0 radical (unpaired) electrons. The van der Waals surface area contributed by atoms with Gasteiger partial charge in [-0.3, -0.25) is 4.79 Å². The minimum atomic E-state index is -1.08. The summed E-state index contributed by atoms with van der Waals surface area (Å²) >= 11 is 0. The number of anilines is 1. The molecule has 176 valence electrons. The Labute approximate surface area is 192 Å². The van der Waals surface area contributed by atoms with Gasteiger partial charge in [0, 0.05) is 25.3 Å². The fourth-order valence-corrected chi connectivity index (χ4v) is 4.34. The topological polar surface area (TPSA) is 104 Å². The molecule has 0 aliphatic carbocycles. The zero-order valence-electron chi connectivity index (χ0n) is 18.6. The normalized spacial score (nSPS) is 16.2. The van der Waals surface area contributed by atoms with E-state index in [1.807, 2.05) is 0 Å². The molecule has 1 atom stereocenters. The van der Waals surface area contributed by atoms with Crippen LogP contribution in [0, 0.1) is 11.7 Å². The van der Waals surface area contributed by atoms with Crippen LogP contribution in [0.3, 0.4) is 0 Å². The van der Waals surface area contributed by atoms with Gasteiger partial charge in [0.25, 0.3) is 0 Å². The molecule has 1 fully saturated rings. The van der Waals surface area contributed by atoms with Gasteiger partial charge in [0.05, 0.1) is 19.6 Å². The molecule has 2 amide bonds. The molecular weight excluding hydrogens is 427 g/mol. The first kappa shape index (κ1) is 22.8. The molecule has 8 nitrogen and oxygen atoms in total. The number of ether oxygens (including phenoxy) is 1. The van der Waals surface area contributed by atoms with E-state index >= 15 is 0 Å². The van der Waals surface area contributed by atoms with E-state index in [0.29, 0.717) is 24.6 Å². The van der Waals surface area contributed by atoms with Crippen molar-refractivity contribution in [3.63, 3.8) is 0 Å². The summed E-state index contributed by atoms with van der Waals surface area (Å²) in [5, 5.41) is 15.3. The predicted octanol–water partition coefficient (Wildman–Crippen LogP) is 3.38. The monoisotopic (exact) mass is 456 g/mol. The van der Waals surface area contributed by atoms with Crippen LogP contribution in [0.25, 0.3) is 0 Å². The zero-order valence-corrected chi connectivity index (χ0v) is 18.6. The third kappa shape index (κ3) is 5.53. The van der Waals surface area contributed by atoms with Gasteiger partial charge in [0.1, 0.15) is 5.82 Å². The maximum atomic E-state index is 14.1. The number of methoxy groups -OCH3 is 1. The number of nitrogens with zero attached hydrogens (tertiary/aromatic N) is 2. The second-order valence-corrected chi connectivity index (χ2v) is 8.64. The van der Waals surface area contributed by atoms with Gasteiger partial charge in [0.15, 0.2) is 11.6 Å². The van der Waals surface area contributed by atoms with E-state index in [0.717, 1.165) is 43.7 Å². The summed E-state index contributed by atoms with van der Waals surface area (Å²) in [6.07, 6.45) is 3.63. The highest BCUT2D eigenvalue weighted by atomic mass is 19.1. The van der Waals surface area contributed by atoms with E-state index in [1.54, 1.807) is 11.0 Å². The molecule has 1 saturated heterocycles. The lowest BCUT2D eigenvalue weighted by Crippen LogP contribution is -2.54. The second-order valence-electron chi connectivity index (χ2n) is 8.64. The molecule has 2 aliphatic heterocycles. The summed E-state index contributed by atoms with van der Waals surface area (Å²) in [7, 11) is 1.35. The number of carboxylic acid groups (broad SMARTS) is 1. The van der Waals surface area contributed by atoms with Crippen molar-refractivity contribution in [3.8, 4) is 5.75 Å². The SMILES string of the molecule is COc1ccc([C@H](CC(=O)O)NC(=O)N2CC(CCc3ccc4c(n3)NCCC4)C2)cc1F. The minimum Gasteiger partial charge on any atom is -0.494 e. The number of carbonyl (C=O) groups excluding carboxylic acids is 1. The number of pyridine rings is 1. The molecular formula is C24H29FN4O4. The van der Waals surface area contributed by atoms with Gasteiger partial charge in [-0.15, -0.1) is 0 Å². The Hall–Kier alpha value is -3.36. The van der Waals surface area contributed by atoms with Crippen molar-refractivity contribution in [1.82, 2.24) is 15.2 Å². The number of fused-ring (bicyclic) bond motifs is 1. The largest absolute Gasteiger partial charge is 0.494 e.